The van der Waals surface area contributed by atoms with Crippen LogP contribution >= 0.6 is 11.6 Å². The van der Waals surface area contributed by atoms with Gasteiger partial charge in [0.05, 0.1) is 12.7 Å². The van der Waals surface area contributed by atoms with Gasteiger partial charge in [0.2, 0.25) is 0 Å². The number of ether oxygens (including phenoxy) is 1. The number of rotatable bonds is 2. The molecule has 4 nitrogen and oxygen atoms in total. The van der Waals surface area contributed by atoms with Gasteiger partial charge in [-0.1, -0.05) is 11.6 Å². The topological polar surface area (TPSA) is 41.6 Å². The lowest BCUT2D eigenvalue weighted by Crippen LogP contribution is -2.55. The van der Waals surface area contributed by atoms with Crippen LogP contribution in [-0.4, -0.2) is 43.1 Å². The van der Waals surface area contributed by atoms with Crippen LogP contribution < -0.4 is 10.1 Å². The molecule has 0 saturated carbocycles. The minimum atomic E-state index is -0.0282. The Morgan fingerprint density at radius 1 is 1.37 bits per heavy atom. The molecule has 0 bridgehead atoms. The molecule has 0 radical (unpaired) electrons. The molecule has 2 rings (SSSR count). The van der Waals surface area contributed by atoms with Crippen molar-refractivity contribution in [2.24, 2.45) is 0 Å². The molecule has 2 unspecified atom stereocenters. The van der Waals surface area contributed by atoms with E-state index in [2.05, 4.69) is 19.2 Å². The van der Waals surface area contributed by atoms with Crippen molar-refractivity contribution in [1.29, 1.82) is 0 Å². The first-order valence-corrected chi connectivity index (χ1v) is 6.78. The molecule has 104 valence electrons. The highest BCUT2D eigenvalue weighted by Crippen LogP contribution is 2.24. The first-order chi connectivity index (χ1) is 9.01. The summed E-state index contributed by atoms with van der Waals surface area (Å²) in [6, 6.07) is 5.70. The van der Waals surface area contributed by atoms with Gasteiger partial charge in [-0.3, -0.25) is 4.79 Å². The fraction of sp³-hybridized carbons (Fsp3) is 0.500. The van der Waals surface area contributed by atoms with Gasteiger partial charge in [0.15, 0.2) is 0 Å². The van der Waals surface area contributed by atoms with Crippen molar-refractivity contribution in [2.45, 2.75) is 25.9 Å². The molecule has 1 heterocycles. The van der Waals surface area contributed by atoms with Gasteiger partial charge in [0, 0.05) is 30.2 Å². The maximum Gasteiger partial charge on any atom is 0.257 e. The van der Waals surface area contributed by atoms with Crippen molar-refractivity contribution in [2.75, 3.05) is 20.2 Å². The van der Waals surface area contributed by atoms with Crippen LogP contribution in [0.4, 0.5) is 0 Å². The Morgan fingerprint density at radius 2 is 2.00 bits per heavy atom. The number of piperazine rings is 1. The number of amides is 1. The maximum absolute atomic E-state index is 12.6. The Morgan fingerprint density at radius 3 is 2.58 bits per heavy atom. The van der Waals surface area contributed by atoms with Crippen molar-refractivity contribution in [3.63, 3.8) is 0 Å². The van der Waals surface area contributed by atoms with Crippen LogP contribution in [0, 0.1) is 0 Å². The smallest absolute Gasteiger partial charge is 0.257 e. The molecule has 0 spiro atoms. The molecule has 1 saturated heterocycles. The van der Waals surface area contributed by atoms with Crippen LogP contribution in [-0.2, 0) is 0 Å². The summed E-state index contributed by atoms with van der Waals surface area (Å²) >= 11 is 5.98. The van der Waals surface area contributed by atoms with Crippen molar-refractivity contribution >= 4 is 17.5 Å². The van der Waals surface area contributed by atoms with E-state index in [0.29, 0.717) is 29.4 Å². The number of nitrogens with one attached hydrogen (secondary N) is 1. The Labute approximate surface area is 118 Å². The lowest BCUT2D eigenvalue weighted by molar-refractivity contribution is 0.0670. The molecular weight excluding hydrogens is 264 g/mol. The molecule has 1 aromatic carbocycles. The monoisotopic (exact) mass is 282 g/mol. The fourth-order valence-electron chi connectivity index (χ4n) is 2.51. The number of nitrogens with zero attached hydrogens (tertiary/aromatic N) is 1. The van der Waals surface area contributed by atoms with Crippen molar-refractivity contribution in [3.05, 3.63) is 28.8 Å². The average molecular weight is 283 g/mol. The van der Waals surface area contributed by atoms with Crippen LogP contribution in [0.25, 0.3) is 0 Å². The van der Waals surface area contributed by atoms with Crippen LogP contribution in [0.3, 0.4) is 0 Å². The largest absolute Gasteiger partial charge is 0.496 e. The third-order valence-corrected chi connectivity index (χ3v) is 3.47. The lowest BCUT2D eigenvalue weighted by atomic mass is 10.1. The molecule has 0 aliphatic carbocycles. The van der Waals surface area contributed by atoms with Gasteiger partial charge in [0.1, 0.15) is 5.75 Å². The first kappa shape index (κ1) is 14.2. The van der Waals surface area contributed by atoms with Gasteiger partial charge in [-0.15, -0.1) is 0 Å². The highest BCUT2D eigenvalue weighted by Gasteiger charge is 2.27. The third-order valence-electron chi connectivity index (χ3n) is 3.24. The zero-order chi connectivity index (χ0) is 14.0. The Hall–Kier alpha value is -1.26. The molecule has 19 heavy (non-hydrogen) atoms. The fourth-order valence-corrected chi connectivity index (χ4v) is 2.68. The summed E-state index contributed by atoms with van der Waals surface area (Å²) in [7, 11) is 1.56. The number of methoxy groups -OCH3 is 1. The van der Waals surface area contributed by atoms with Crippen molar-refractivity contribution < 1.29 is 9.53 Å². The van der Waals surface area contributed by atoms with E-state index >= 15 is 0 Å². The molecule has 1 N–H and O–H groups in total. The zero-order valence-electron chi connectivity index (χ0n) is 11.4. The molecule has 1 aliphatic heterocycles. The minimum absolute atomic E-state index is 0.0282. The highest BCUT2D eigenvalue weighted by atomic mass is 35.5. The lowest BCUT2D eigenvalue weighted by Gasteiger charge is -2.36. The predicted molar refractivity (Wildman–Crippen MR) is 76.0 cm³/mol. The second-order valence-electron chi connectivity index (χ2n) is 5.02. The first-order valence-electron chi connectivity index (χ1n) is 6.40. The van der Waals surface area contributed by atoms with Gasteiger partial charge in [0.25, 0.3) is 5.91 Å². The molecule has 5 heteroatoms. The van der Waals surface area contributed by atoms with E-state index < -0.39 is 0 Å². The molecule has 1 aromatic rings. The van der Waals surface area contributed by atoms with Gasteiger partial charge in [-0.05, 0) is 32.0 Å². The van der Waals surface area contributed by atoms with E-state index in [9.17, 15) is 4.79 Å². The quantitative estimate of drug-likeness (QED) is 0.904. The number of hydrogen-bond acceptors (Lipinski definition) is 3. The van der Waals surface area contributed by atoms with Crippen molar-refractivity contribution in [1.82, 2.24) is 10.2 Å². The SMILES string of the molecule is COc1ccc(Cl)cc1C(=O)N1CC(C)NC(C)C1. The molecule has 1 aliphatic rings. The van der Waals surface area contributed by atoms with Crippen LogP contribution in [0.15, 0.2) is 18.2 Å². The Kier molecular flexibility index (Phi) is 4.32. The van der Waals surface area contributed by atoms with E-state index in [1.165, 1.54) is 0 Å². The van der Waals surface area contributed by atoms with Crippen molar-refractivity contribution in [3.8, 4) is 5.75 Å². The standard InChI is InChI=1S/C14H19ClN2O2/c1-9-7-17(8-10(2)16-9)14(18)12-6-11(15)4-5-13(12)19-3/h4-6,9-10,16H,7-8H2,1-3H3. The summed E-state index contributed by atoms with van der Waals surface area (Å²) in [5.41, 5.74) is 0.524. The number of benzene rings is 1. The highest BCUT2D eigenvalue weighted by molar-refractivity contribution is 6.31. The number of carbonyl (C=O) groups excluding carboxylic acids is 1. The summed E-state index contributed by atoms with van der Waals surface area (Å²) in [4.78, 5) is 14.4. The molecule has 0 aromatic heterocycles. The summed E-state index contributed by atoms with van der Waals surface area (Å²) < 4.78 is 5.24. The molecular formula is C14H19ClN2O2. The van der Waals surface area contributed by atoms with Crippen LogP contribution in [0.1, 0.15) is 24.2 Å². The van der Waals surface area contributed by atoms with E-state index in [1.807, 2.05) is 4.90 Å². The van der Waals surface area contributed by atoms with Gasteiger partial charge < -0.3 is 15.0 Å². The second kappa shape index (κ2) is 5.80. The predicted octanol–water partition coefficient (Wildman–Crippen LogP) is 2.17. The molecule has 2 atom stereocenters. The van der Waals surface area contributed by atoms with Gasteiger partial charge in [-0.25, -0.2) is 0 Å². The Balaban J connectivity index is 2.26. The molecule has 1 fully saturated rings. The van der Waals surface area contributed by atoms with E-state index in [4.69, 9.17) is 16.3 Å². The van der Waals surface area contributed by atoms with Gasteiger partial charge >= 0.3 is 0 Å². The van der Waals surface area contributed by atoms with E-state index in [1.54, 1.807) is 25.3 Å². The Bertz CT molecular complexity index is 469. The van der Waals surface area contributed by atoms with Gasteiger partial charge in [-0.2, -0.15) is 0 Å². The number of carbonyl (C=O) groups is 1. The average Bonchev–Trinajstić information content (AvgIpc) is 2.36. The van der Waals surface area contributed by atoms with Crippen LogP contribution in [0.2, 0.25) is 5.02 Å². The minimum Gasteiger partial charge on any atom is -0.496 e. The third kappa shape index (κ3) is 3.19. The summed E-state index contributed by atoms with van der Waals surface area (Å²) in [5, 5.41) is 3.95. The second-order valence-corrected chi connectivity index (χ2v) is 5.46. The number of hydrogen-bond donors (Lipinski definition) is 1. The van der Waals surface area contributed by atoms with E-state index in [0.717, 1.165) is 0 Å². The van der Waals surface area contributed by atoms with E-state index in [-0.39, 0.29) is 18.0 Å². The normalized spacial score (nSPS) is 23.3. The molecule has 1 amide bonds. The summed E-state index contributed by atoms with van der Waals surface area (Å²) in [5.74, 6) is 0.535. The zero-order valence-corrected chi connectivity index (χ0v) is 12.2. The summed E-state index contributed by atoms with van der Waals surface area (Å²) in [6.07, 6.45) is 0. The maximum atomic E-state index is 12.6. The summed E-state index contributed by atoms with van der Waals surface area (Å²) in [6.45, 7) is 5.54. The number of halogens is 1. The van der Waals surface area contributed by atoms with Crippen LogP contribution in [0.5, 0.6) is 5.75 Å².